The Kier molecular flexibility index (Phi) is 10.3. The summed E-state index contributed by atoms with van der Waals surface area (Å²) in [7, 11) is 2.01. The highest BCUT2D eigenvalue weighted by atomic mass is 15.1. The van der Waals surface area contributed by atoms with Crippen molar-refractivity contribution in [2.45, 2.75) is 39.0 Å². The van der Waals surface area contributed by atoms with Gasteiger partial charge in [0.1, 0.15) is 0 Å². The monoisotopic (exact) mass is 615 g/mol. The van der Waals surface area contributed by atoms with Gasteiger partial charge in [0.2, 0.25) is 0 Å². The molecule has 2 aliphatic carbocycles. The lowest BCUT2D eigenvalue weighted by Gasteiger charge is -2.28. The Labute approximate surface area is 280 Å². The molecule has 3 heteroatoms. The van der Waals surface area contributed by atoms with Crippen LogP contribution in [0.4, 0.5) is 0 Å². The van der Waals surface area contributed by atoms with Gasteiger partial charge in [-0.3, -0.25) is 5.32 Å². The Bertz CT molecular complexity index is 1820. The van der Waals surface area contributed by atoms with Crippen LogP contribution in [0.15, 0.2) is 169 Å². The molecule has 0 saturated carbocycles. The summed E-state index contributed by atoms with van der Waals surface area (Å²) >= 11 is 0. The van der Waals surface area contributed by atoms with Crippen molar-refractivity contribution in [3.05, 3.63) is 191 Å². The molecular formula is C44H45N3. The van der Waals surface area contributed by atoms with Gasteiger partial charge < -0.3 is 10.6 Å². The molecule has 4 aromatic rings. The van der Waals surface area contributed by atoms with Crippen molar-refractivity contribution in [3.63, 3.8) is 0 Å². The molecule has 4 atom stereocenters. The summed E-state index contributed by atoms with van der Waals surface area (Å²) < 4.78 is 0. The largest absolute Gasteiger partial charge is 0.378 e. The number of hydrogen-bond donors (Lipinski definition) is 3. The van der Waals surface area contributed by atoms with Crippen molar-refractivity contribution in [1.82, 2.24) is 16.0 Å². The first-order valence-corrected chi connectivity index (χ1v) is 16.7. The molecule has 3 N–H and O–H groups in total. The van der Waals surface area contributed by atoms with E-state index in [0.717, 1.165) is 0 Å². The SMILES string of the molecule is CNC(NC1C=CC=C/C1=C(/C)c1ccc(/C(NC(C)c2ccccc2)=C2\C=CC=CC2C)cc1)c1ccc(-c2ccccc2)cc1. The van der Waals surface area contributed by atoms with Crippen molar-refractivity contribution in [1.29, 1.82) is 0 Å². The molecule has 236 valence electrons. The highest BCUT2D eigenvalue weighted by molar-refractivity contribution is 5.76. The Hall–Kier alpha value is -4.96. The van der Waals surface area contributed by atoms with Crippen LogP contribution in [0, 0.1) is 5.92 Å². The lowest BCUT2D eigenvalue weighted by atomic mass is 9.89. The van der Waals surface area contributed by atoms with E-state index in [1.165, 1.54) is 55.8 Å². The summed E-state index contributed by atoms with van der Waals surface area (Å²) in [5.74, 6) is 0.328. The second-order valence-electron chi connectivity index (χ2n) is 12.4. The second-order valence-corrected chi connectivity index (χ2v) is 12.4. The Morgan fingerprint density at radius 2 is 1.21 bits per heavy atom. The molecule has 6 rings (SSSR count). The van der Waals surface area contributed by atoms with Crippen molar-refractivity contribution in [2.75, 3.05) is 7.05 Å². The van der Waals surface area contributed by atoms with E-state index in [1.807, 2.05) is 7.05 Å². The molecule has 0 saturated heterocycles. The molecule has 0 amide bonds. The van der Waals surface area contributed by atoms with Crippen molar-refractivity contribution in [3.8, 4) is 11.1 Å². The third-order valence-electron chi connectivity index (χ3n) is 9.28. The van der Waals surface area contributed by atoms with Crippen LogP contribution in [0.5, 0.6) is 0 Å². The van der Waals surface area contributed by atoms with Gasteiger partial charge in [-0.1, -0.05) is 165 Å². The molecule has 0 aliphatic heterocycles. The first kappa shape index (κ1) is 32.0. The average molecular weight is 616 g/mol. The number of hydrogen-bond acceptors (Lipinski definition) is 3. The van der Waals surface area contributed by atoms with Crippen LogP contribution in [-0.4, -0.2) is 13.1 Å². The van der Waals surface area contributed by atoms with Crippen molar-refractivity contribution >= 4 is 11.3 Å². The normalized spacial score (nSPS) is 20.5. The number of benzene rings is 4. The minimum atomic E-state index is -0.00222. The van der Waals surface area contributed by atoms with E-state index < -0.39 is 0 Å². The molecule has 0 bridgehead atoms. The van der Waals surface area contributed by atoms with E-state index in [0.29, 0.717) is 5.92 Å². The predicted molar refractivity (Wildman–Crippen MR) is 200 cm³/mol. The highest BCUT2D eigenvalue weighted by Gasteiger charge is 2.21. The Balaban J connectivity index is 1.24. The van der Waals surface area contributed by atoms with Gasteiger partial charge in [0.05, 0.1) is 12.2 Å². The summed E-state index contributed by atoms with van der Waals surface area (Å²) in [5, 5.41) is 11.2. The fourth-order valence-corrected chi connectivity index (χ4v) is 6.45. The molecule has 0 fully saturated rings. The van der Waals surface area contributed by atoms with Gasteiger partial charge in [0, 0.05) is 17.7 Å². The molecule has 4 aromatic carbocycles. The van der Waals surface area contributed by atoms with Crippen molar-refractivity contribution in [2.24, 2.45) is 5.92 Å². The molecule has 47 heavy (non-hydrogen) atoms. The Morgan fingerprint density at radius 3 is 1.87 bits per heavy atom. The summed E-state index contributed by atoms with van der Waals surface area (Å²) in [5.41, 5.74) is 12.4. The first-order chi connectivity index (χ1) is 23.0. The predicted octanol–water partition coefficient (Wildman–Crippen LogP) is 9.95. The quantitative estimate of drug-likeness (QED) is 0.155. The van der Waals surface area contributed by atoms with Crippen LogP contribution in [-0.2, 0) is 0 Å². The summed E-state index contributed by atoms with van der Waals surface area (Å²) in [6, 6.07) is 39.3. The fraction of sp³-hybridized carbons (Fsp3) is 0.182. The lowest BCUT2D eigenvalue weighted by Crippen LogP contribution is -2.39. The number of nitrogens with one attached hydrogen (secondary N) is 3. The molecule has 0 aromatic heterocycles. The lowest BCUT2D eigenvalue weighted by molar-refractivity contribution is 0.461. The average Bonchev–Trinajstić information content (AvgIpc) is 3.14. The molecule has 0 radical (unpaired) electrons. The maximum Gasteiger partial charge on any atom is 0.0840 e. The third-order valence-corrected chi connectivity index (χ3v) is 9.28. The van der Waals surface area contributed by atoms with Crippen LogP contribution in [0.1, 0.15) is 55.2 Å². The third kappa shape index (κ3) is 7.55. The van der Waals surface area contributed by atoms with Crippen LogP contribution in [0.25, 0.3) is 22.4 Å². The van der Waals surface area contributed by atoms with E-state index in [9.17, 15) is 0 Å². The minimum Gasteiger partial charge on any atom is -0.378 e. The Morgan fingerprint density at radius 1 is 0.617 bits per heavy atom. The van der Waals surface area contributed by atoms with Gasteiger partial charge in [-0.15, -0.1) is 0 Å². The minimum absolute atomic E-state index is 0.00222. The number of allylic oxidation sites excluding steroid dienone is 8. The molecular weight excluding hydrogens is 571 g/mol. The van der Waals surface area contributed by atoms with Crippen LogP contribution < -0.4 is 16.0 Å². The van der Waals surface area contributed by atoms with E-state index in [1.54, 1.807) is 0 Å². The van der Waals surface area contributed by atoms with Gasteiger partial charge in [0.25, 0.3) is 0 Å². The maximum atomic E-state index is 3.87. The molecule has 0 heterocycles. The van der Waals surface area contributed by atoms with Gasteiger partial charge in [-0.2, -0.15) is 0 Å². The zero-order chi connectivity index (χ0) is 32.6. The zero-order valence-electron chi connectivity index (χ0n) is 27.8. The summed E-state index contributed by atoms with van der Waals surface area (Å²) in [4.78, 5) is 0. The van der Waals surface area contributed by atoms with Gasteiger partial charge >= 0.3 is 0 Å². The molecule has 4 unspecified atom stereocenters. The van der Waals surface area contributed by atoms with Crippen LogP contribution >= 0.6 is 0 Å². The molecule has 3 nitrogen and oxygen atoms in total. The van der Waals surface area contributed by atoms with E-state index in [-0.39, 0.29) is 18.2 Å². The second kappa shape index (κ2) is 15.1. The fourth-order valence-electron chi connectivity index (χ4n) is 6.45. The van der Waals surface area contributed by atoms with E-state index in [4.69, 9.17) is 0 Å². The first-order valence-electron chi connectivity index (χ1n) is 16.7. The molecule has 0 spiro atoms. The zero-order valence-corrected chi connectivity index (χ0v) is 27.8. The topological polar surface area (TPSA) is 36.1 Å². The molecule has 2 aliphatic rings. The van der Waals surface area contributed by atoms with E-state index in [2.05, 4.69) is 195 Å². The van der Waals surface area contributed by atoms with Gasteiger partial charge in [-0.05, 0) is 71.0 Å². The summed E-state index contributed by atoms with van der Waals surface area (Å²) in [6.45, 7) is 6.73. The smallest absolute Gasteiger partial charge is 0.0840 e. The standard InChI is InChI=1S/C44H45N3/c1-31-15-11-12-20-40(31)43(46-33(3)35-16-7-5-8-17-35)38-27-23-34(24-28-38)32(2)41-21-13-14-22-42(41)47-44(45-4)39-29-25-37(26-30-39)36-18-9-6-10-19-36/h5-31,33,42,44-47H,1-4H3/b41-32+,43-40-. The van der Waals surface area contributed by atoms with Gasteiger partial charge in [0.15, 0.2) is 0 Å². The van der Waals surface area contributed by atoms with Crippen molar-refractivity contribution < 1.29 is 0 Å². The summed E-state index contributed by atoms with van der Waals surface area (Å²) in [6.07, 6.45) is 17.5. The van der Waals surface area contributed by atoms with Gasteiger partial charge in [-0.25, -0.2) is 0 Å². The highest BCUT2D eigenvalue weighted by Crippen LogP contribution is 2.32. The van der Waals surface area contributed by atoms with Crippen LogP contribution in [0.3, 0.4) is 0 Å². The van der Waals surface area contributed by atoms with E-state index >= 15 is 0 Å². The number of rotatable bonds is 10. The maximum absolute atomic E-state index is 3.87. The van der Waals surface area contributed by atoms with Crippen LogP contribution in [0.2, 0.25) is 0 Å².